The van der Waals surface area contributed by atoms with E-state index in [-0.39, 0.29) is 89.1 Å². The van der Waals surface area contributed by atoms with Gasteiger partial charge in [0.25, 0.3) is 11.1 Å². The lowest BCUT2D eigenvalue weighted by Crippen LogP contribution is -2.33. The number of halogens is 2. The lowest BCUT2D eigenvalue weighted by molar-refractivity contribution is -0.117. The van der Waals surface area contributed by atoms with Crippen molar-refractivity contribution >= 4 is 123 Å². The molecule has 2 aliphatic rings. The fourth-order valence-electron chi connectivity index (χ4n) is 8.53. The number of H-pyrrole nitrogens is 2. The van der Waals surface area contributed by atoms with Crippen LogP contribution in [0.5, 0.6) is 11.8 Å². The van der Waals surface area contributed by atoms with Crippen LogP contribution in [-0.4, -0.2) is 201 Å². The first-order chi connectivity index (χ1) is 46.6. The Balaban J connectivity index is 0.000000338. The zero-order valence-corrected chi connectivity index (χ0v) is 58.6. The molecule has 2 amide bonds. The molecule has 0 aromatic carbocycles. The number of fused-ring (bicyclic) bond motifs is 2. The van der Waals surface area contributed by atoms with Crippen molar-refractivity contribution in [1.82, 2.24) is 78.1 Å². The number of carbonyl (C=O) groups is 2. The van der Waals surface area contributed by atoms with Crippen LogP contribution in [0.25, 0.3) is 44.2 Å². The van der Waals surface area contributed by atoms with Crippen LogP contribution in [0.3, 0.4) is 0 Å². The molecule has 0 saturated carbocycles. The third-order valence-corrected chi connectivity index (χ3v) is 17.9. The van der Waals surface area contributed by atoms with Gasteiger partial charge in [-0.2, -0.15) is 18.6 Å². The first kappa shape index (κ1) is 82.2. The normalized spacial score (nSPS) is 19.1. The highest BCUT2D eigenvalue weighted by atomic mass is 127. The molecule has 99 heavy (non-hydrogen) atoms. The number of phosphoric ester groups is 1. The molecule has 2 fully saturated rings. The second kappa shape index (κ2) is 38.4. The number of aliphatic hydroxyl groups is 2. The number of nitrogens with one attached hydrogen (secondary N) is 4. The van der Waals surface area contributed by atoms with Gasteiger partial charge in [-0.1, -0.05) is 52.6 Å². The highest BCUT2D eigenvalue weighted by Crippen LogP contribution is 2.66. The molecule has 9 heterocycles. The maximum atomic E-state index is 12.5. The third kappa shape index (κ3) is 24.1. The van der Waals surface area contributed by atoms with Crippen LogP contribution < -0.4 is 42.6 Å². The number of aromatic nitrogens is 14. The molecule has 0 spiro atoms. The fourth-order valence-corrected chi connectivity index (χ4v) is 12.5. The molecular weight excluding hydrogens is 1630 g/mol. The Hall–Kier alpha value is -7.47. The molecule has 49 heteroatoms. The van der Waals surface area contributed by atoms with E-state index in [4.69, 9.17) is 46.4 Å². The highest BCUT2D eigenvalue weighted by molar-refractivity contribution is 14.1. The van der Waals surface area contributed by atoms with Gasteiger partial charge in [0, 0.05) is 76.0 Å². The largest absolute Gasteiger partial charge is 0.490 e. The number of phosphoric acid groups is 3. The Labute approximate surface area is 585 Å². The number of hydrogen-bond donors (Lipinski definition) is 11. The minimum absolute atomic E-state index is 0. The number of aliphatic hydroxyl groups excluding tert-OH is 2. The Morgan fingerprint density at radius 2 is 1.11 bits per heavy atom. The summed E-state index contributed by atoms with van der Waals surface area (Å²) >= 11 is 4.30. The van der Waals surface area contributed by atoms with Crippen molar-refractivity contribution < 1.29 is 99.1 Å². The molecule has 538 valence electrons. The second-order valence-electron chi connectivity index (χ2n) is 19.3. The van der Waals surface area contributed by atoms with Gasteiger partial charge in [-0.15, -0.1) is 0 Å². The van der Waals surface area contributed by atoms with Crippen molar-refractivity contribution in [3.63, 3.8) is 0 Å². The topological polar surface area (TPSA) is 565 Å². The van der Waals surface area contributed by atoms with E-state index in [1.54, 1.807) is 9.13 Å². The van der Waals surface area contributed by atoms with Gasteiger partial charge in [0.1, 0.15) is 43.6 Å². The summed E-state index contributed by atoms with van der Waals surface area (Å²) in [6, 6.07) is 0. The standard InChI is InChI=1S/C25H27N10O9P.C22H27N8O16P3.2CH3I.CH4/c1-26-6-9-42-24-21-22(29-13-30-24)33(15-31-21)7-5-28-19(37)3-2-16-11-35(25(39)32-23(16)38)20-10-17(36)18(44-20)12-43-45(40,41)34-8-4-27-14-34;1-23-5-7-42-21-18-19(25-11-26-21)29(12-27-18)6-4-24-16(32)3-2-13-9-30(22(34)28-20(13)33)17-8-14(31)15(44-17)10-43-48(38,39)46-49(40,41)45-47(35,36)37;2*1-2;/h2-4,8,11,13-15,17-18,20,36H,5-7,9-10,12H2,(H,28,37)(H,40,41)(H,32,38,39);2-3,9,11-12,14-15,17,31H,4-8,10H2,(H,24,32)(H,38,39)(H,40,41)(H,28,33,34)(H2,35,36,37);2*1H3;1H4/b2*3-2+;;;/t17?,18-,20-;14?,15-,17-;;;/m11.../s1. The lowest BCUT2D eigenvalue weighted by Gasteiger charge is -2.19. The number of aromatic amines is 2. The summed E-state index contributed by atoms with van der Waals surface area (Å²) in [4.78, 5) is 164. The molecule has 9 rings (SSSR count). The van der Waals surface area contributed by atoms with Crippen LogP contribution in [0.1, 0.15) is 43.9 Å². The Bertz CT molecular complexity index is 4490. The molecule has 7 aromatic rings. The van der Waals surface area contributed by atoms with Gasteiger partial charge in [-0.25, -0.2) is 70.3 Å². The lowest BCUT2D eigenvalue weighted by atomic mass is 10.2. The van der Waals surface area contributed by atoms with E-state index in [0.29, 0.717) is 28.9 Å². The van der Waals surface area contributed by atoms with Crippen LogP contribution in [0, 0.1) is 13.1 Å². The van der Waals surface area contributed by atoms with Gasteiger partial charge in [-0.05, 0) is 22.0 Å². The van der Waals surface area contributed by atoms with Crippen molar-refractivity contribution in [3.05, 3.63) is 144 Å². The minimum Gasteiger partial charge on any atom is -0.468 e. The summed E-state index contributed by atoms with van der Waals surface area (Å²) in [7, 11) is -21.2. The molecule has 7 aromatic heterocycles. The molecule has 0 aliphatic carbocycles. The average Bonchev–Trinajstić information content (AvgIpc) is 1.73. The van der Waals surface area contributed by atoms with Crippen molar-refractivity contribution in [2.24, 2.45) is 0 Å². The van der Waals surface area contributed by atoms with Crippen LogP contribution in [0.15, 0.2) is 87.8 Å². The van der Waals surface area contributed by atoms with Gasteiger partial charge in [0.2, 0.25) is 36.7 Å². The first-order valence-corrected chi connectivity index (χ1v) is 38.0. The summed E-state index contributed by atoms with van der Waals surface area (Å²) in [6.07, 6.45) is 8.11. The van der Waals surface area contributed by atoms with Crippen LogP contribution >= 0.6 is 76.4 Å². The van der Waals surface area contributed by atoms with Crippen molar-refractivity contribution in [1.29, 1.82) is 0 Å². The smallest absolute Gasteiger partial charge is 0.468 e. The van der Waals surface area contributed by atoms with E-state index in [1.807, 2.05) is 14.8 Å². The summed E-state index contributed by atoms with van der Waals surface area (Å²) in [5.41, 5.74) is -1.91. The van der Waals surface area contributed by atoms with Crippen molar-refractivity contribution in [2.45, 2.75) is 70.2 Å². The predicted octanol–water partition coefficient (Wildman–Crippen LogP) is 0.848. The zero-order chi connectivity index (χ0) is 72.0. The van der Waals surface area contributed by atoms with Gasteiger partial charge in [-0.3, -0.25) is 47.3 Å². The molecule has 2 aliphatic heterocycles. The van der Waals surface area contributed by atoms with E-state index in [0.717, 1.165) is 44.2 Å². The monoisotopic (exact) mass is 1690 g/mol. The number of nitrogens with zero attached hydrogens (tertiary/aromatic N) is 14. The molecule has 5 unspecified atom stereocenters. The maximum absolute atomic E-state index is 12.5. The zero-order valence-electron chi connectivity index (χ0n) is 50.7. The highest BCUT2D eigenvalue weighted by Gasteiger charge is 2.43. The van der Waals surface area contributed by atoms with Crippen molar-refractivity contribution in [3.8, 4) is 11.8 Å². The average molecular weight is 1690 g/mol. The fraction of sp³-hybridized carbons (Fsp3) is 0.420. The number of hydrogen-bond acceptors (Lipinski definition) is 27. The van der Waals surface area contributed by atoms with Crippen molar-refractivity contribution in [2.75, 3.05) is 62.5 Å². The maximum Gasteiger partial charge on any atom is 0.490 e. The van der Waals surface area contributed by atoms with Gasteiger partial charge in [0.05, 0.1) is 49.2 Å². The number of amides is 2. The molecule has 11 N–H and O–H groups in total. The van der Waals surface area contributed by atoms with Crippen LogP contribution in [0.2, 0.25) is 0 Å². The molecule has 9 atom stereocenters. The molecule has 0 radical (unpaired) electrons. The van der Waals surface area contributed by atoms with Gasteiger partial charge >= 0.3 is 42.6 Å². The van der Waals surface area contributed by atoms with E-state index >= 15 is 0 Å². The minimum atomic E-state index is -5.77. The summed E-state index contributed by atoms with van der Waals surface area (Å²) < 4.78 is 91.5. The predicted molar refractivity (Wildman–Crippen MR) is 360 cm³/mol. The summed E-state index contributed by atoms with van der Waals surface area (Å²) in [6.45, 7) is 13.7. The molecular formula is C50H64I2N18O25P4. The summed E-state index contributed by atoms with van der Waals surface area (Å²) in [5, 5.41) is 26.0. The van der Waals surface area contributed by atoms with E-state index < -0.39 is 116 Å². The number of carbonyl (C=O) groups excluding carboxylic acids is 2. The Morgan fingerprint density at radius 1 is 0.667 bits per heavy atom. The quantitative estimate of drug-likeness (QED) is 0.00773. The van der Waals surface area contributed by atoms with E-state index in [1.165, 1.54) is 50.0 Å². The molecule has 0 bridgehead atoms. The van der Waals surface area contributed by atoms with Crippen LogP contribution in [0.4, 0.5) is 0 Å². The number of rotatable bonds is 29. The van der Waals surface area contributed by atoms with Gasteiger partial charge in [0.15, 0.2) is 35.5 Å². The van der Waals surface area contributed by atoms with Crippen LogP contribution in [-0.2, 0) is 68.1 Å². The van der Waals surface area contributed by atoms with Gasteiger partial charge < -0.3 is 83.1 Å². The third-order valence-electron chi connectivity index (χ3n) is 12.8. The first-order valence-electron chi connectivity index (χ1n) is 27.7. The SMILES string of the molecule is C.CI.CI.[C-]#[N+]CCOc1ncnc2c1ncn2CCNC(=O)/C=C/c1cn([C@H]2CC(O)[C@@H](COP(=O)(O)OP(=O)(O)OP(=O)(O)O)O2)c(=O)[nH]c1=O.[C-]#[N+]CCOc1ncnc2c1ncn2CCNC(=O)/C=C/c1cn([C@H]2CC(O)[C@@H](COP(=O)(O)n3ccnc3)O2)c(=O)[nH]c1=O. The van der Waals surface area contributed by atoms with E-state index in [9.17, 15) is 71.9 Å². The molecule has 43 nitrogen and oxygen atoms in total. The Morgan fingerprint density at radius 3 is 1.53 bits per heavy atom. The number of imidazole rings is 3. The Kier molecular flexibility index (Phi) is 31.9. The second-order valence-corrected chi connectivity index (χ2v) is 25.4. The summed E-state index contributed by atoms with van der Waals surface area (Å²) in [5.74, 6) is -0.671. The number of ether oxygens (including phenoxy) is 4. The molecule has 2 saturated heterocycles. The number of alkyl halides is 2. The van der Waals surface area contributed by atoms with E-state index in [2.05, 4.69) is 119 Å².